The van der Waals surface area contributed by atoms with Crippen LogP contribution >= 0.6 is 11.3 Å². The monoisotopic (exact) mass is 384 g/mol. The number of ether oxygens (including phenoxy) is 1. The molecule has 0 unspecified atom stereocenters. The number of aryl methyl sites for hydroxylation is 2. The van der Waals surface area contributed by atoms with Crippen LogP contribution in [-0.4, -0.2) is 24.0 Å². The molecule has 2 aromatic carbocycles. The summed E-state index contributed by atoms with van der Waals surface area (Å²) in [6, 6.07) is 14.0. The lowest BCUT2D eigenvalue weighted by Gasteiger charge is -2.07. The molecule has 3 aromatic rings. The lowest BCUT2D eigenvalue weighted by molar-refractivity contribution is -0.123. The van der Waals surface area contributed by atoms with Gasteiger partial charge in [-0.2, -0.15) is 0 Å². The summed E-state index contributed by atoms with van der Waals surface area (Å²) >= 11 is 1.52. The maximum atomic E-state index is 13.4. The van der Waals surface area contributed by atoms with Crippen molar-refractivity contribution in [3.8, 4) is 16.3 Å². The number of nitrogens with one attached hydrogen (secondary N) is 1. The number of rotatable bonds is 7. The summed E-state index contributed by atoms with van der Waals surface area (Å²) in [6.45, 7) is 4.39. The quantitative estimate of drug-likeness (QED) is 0.661. The van der Waals surface area contributed by atoms with Crippen molar-refractivity contribution in [3.63, 3.8) is 0 Å². The molecule has 0 fully saturated rings. The first-order chi connectivity index (χ1) is 13.0. The number of amides is 1. The van der Waals surface area contributed by atoms with Crippen LogP contribution in [0.25, 0.3) is 10.6 Å². The molecular weight excluding hydrogens is 363 g/mol. The number of nitrogens with zero attached hydrogens (tertiary/aromatic N) is 1. The molecule has 1 amide bonds. The van der Waals surface area contributed by atoms with Crippen molar-refractivity contribution in [3.05, 3.63) is 70.5 Å². The largest absolute Gasteiger partial charge is 0.484 e. The van der Waals surface area contributed by atoms with Gasteiger partial charge in [-0.3, -0.25) is 4.79 Å². The summed E-state index contributed by atoms with van der Waals surface area (Å²) in [4.78, 5) is 17.5. The standard InChI is InChI=1S/C21H21FN2O2S/c1-14-5-3-8-18(11-14)26-13-20(25)23-10-9-19-15(2)24-21(27-19)16-6-4-7-17(22)12-16/h3-8,11-12H,9-10,13H2,1-2H3,(H,23,25). The van der Waals surface area contributed by atoms with E-state index in [9.17, 15) is 9.18 Å². The number of benzene rings is 2. The molecule has 0 bridgehead atoms. The molecule has 6 heteroatoms. The van der Waals surface area contributed by atoms with E-state index < -0.39 is 0 Å². The molecule has 1 aromatic heterocycles. The van der Waals surface area contributed by atoms with E-state index in [0.29, 0.717) is 18.7 Å². The Morgan fingerprint density at radius 1 is 1.19 bits per heavy atom. The normalized spacial score (nSPS) is 10.6. The van der Waals surface area contributed by atoms with Gasteiger partial charge in [0.25, 0.3) is 5.91 Å². The van der Waals surface area contributed by atoms with E-state index in [1.165, 1.54) is 23.5 Å². The number of aromatic nitrogens is 1. The summed E-state index contributed by atoms with van der Waals surface area (Å²) in [6.07, 6.45) is 0.676. The summed E-state index contributed by atoms with van der Waals surface area (Å²) < 4.78 is 18.9. The second-order valence-electron chi connectivity index (χ2n) is 6.24. The van der Waals surface area contributed by atoms with E-state index in [0.717, 1.165) is 26.7 Å². The predicted octanol–water partition coefficient (Wildman–Crippen LogP) is 4.30. The van der Waals surface area contributed by atoms with Crippen molar-refractivity contribution in [2.45, 2.75) is 20.3 Å². The predicted molar refractivity (Wildman–Crippen MR) is 106 cm³/mol. The fourth-order valence-corrected chi connectivity index (χ4v) is 3.68. The van der Waals surface area contributed by atoms with Crippen molar-refractivity contribution in [1.82, 2.24) is 10.3 Å². The third-order valence-electron chi connectivity index (χ3n) is 4.00. The van der Waals surface area contributed by atoms with E-state index in [1.54, 1.807) is 6.07 Å². The zero-order chi connectivity index (χ0) is 19.2. The number of carbonyl (C=O) groups excluding carboxylic acids is 1. The molecule has 1 N–H and O–H groups in total. The number of halogens is 1. The van der Waals surface area contributed by atoms with Crippen molar-refractivity contribution in [2.24, 2.45) is 0 Å². The van der Waals surface area contributed by atoms with Crippen LogP contribution in [0.3, 0.4) is 0 Å². The molecule has 0 spiro atoms. The Kier molecular flexibility index (Phi) is 6.19. The smallest absolute Gasteiger partial charge is 0.257 e. The third-order valence-corrected chi connectivity index (χ3v) is 5.26. The van der Waals surface area contributed by atoms with Crippen LogP contribution in [-0.2, 0) is 11.2 Å². The van der Waals surface area contributed by atoms with E-state index in [-0.39, 0.29) is 18.3 Å². The van der Waals surface area contributed by atoms with Crippen LogP contribution in [0.15, 0.2) is 48.5 Å². The first-order valence-corrected chi connectivity index (χ1v) is 9.51. The lowest BCUT2D eigenvalue weighted by Crippen LogP contribution is -2.30. The Labute approximate surface area is 162 Å². The van der Waals surface area contributed by atoms with Gasteiger partial charge in [0.05, 0.1) is 5.69 Å². The first-order valence-electron chi connectivity index (χ1n) is 8.69. The number of thiazole rings is 1. The fourth-order valence-electron chi connectivity index (χ4n) is 2.63. The molecule has 4 nitrogen and oxygen atoms in total. The Bertz CT molecular complexity index is 939. The first kappa shape index (κ1) is 19.0. The number of hydrogen-bond acceptors (Lipinski definition) is 4. The Hall–Kier alpha value is -2.73. The van der Waals surface area contributed by atoms with Gasteiger partial charge in [0.15, 0.2) is 6.61 Å². The second-order valence-corrected chi connectivity index (χ2v) is 7.33. The number of carbonyl (C=O) groups is 1. The molecule has 0 radical (unpaired) electrons. The van der Waals surface area contributed by atoms with E-state index in [1.807, 2.05) is 44.2 Å². The zero-order valence-corrected chi connectivity index (χ0v) is 16.1. The Balaban J connectivity index is 1.49. The zero-order valence-electron chi connectivity index (χ0n) is 15.3. The molecule has 0 saturated carbocycles. The molecular formula is C21H21FN2O2S. The van der Waals surface area contributed by atoms with Crippen molar-refractivity contribution >= 4 is 17.2 Å². The van der Waals surface area contributed by atoms with Crippen LogP contribution in [0.4, 0.5) is 4.39 Å². The Morgan fingerprint density at radius 3 is 2.78 bits per heavy atom. The average molecular weight is 384 g/mol. The maximum Gasteiger partial charge on any atom is 0.257 e. The molecule has 0 aliphatic rings. The molecule has 140 valence electrons. The van der Waals surface area contributed by atoms with Gasteiger partial charge in [-0.25, -0.2) is 9.37 Å². The van der Waals surface area contributed by atoms with Gasteiger partial charge in [-0.1, -0.05) is 24.3 Å². The average Bonchev–Trinajstić information content (AvgIpc) is 3.01. The van der Waals surface area contributed by atoms with Crippen LogP contribution in [0, 0.1) is 19.7 Å². The molecule has 27 heavy (non-hydrogen) atoms. The van der Waals surface area contributed by atoms with E-state index >= 15 is 0 Å². The second kappa shape index (κ2) is 8.77. The van der Waals surface area contributed by atoms with Crippen molar-refractivity contribution in [1.29, 1.82) is 0 Å². The van der Waals surface area contributed by atoms with Crippen LogP contribution < -0.4 is 10.1 Å². The van der Waals surface area contributed by atoms with Crippen LogP contribution in [0.2, 0.25) is 0 Å². The highest BCUT2D eigenvalue weighted by Crippen LogP contribution is 2.28. The topological polar surface area (TPSA) is 51.2 Å². The summed E-state index contributed by atoms with van der Waals surface area (Å²) in [5.74, 6) is 0.245. The summed E-state index contributed by atoms with van der Waals surface area (Å²) in [7, 11) is 0. The fraction of sp³-hybridized carbons (Fsp3) is 0.238. The molecule has 1 heterocycles. The van der Waals surface area contributed by atoms with Gasteiger partial charge in [-0.05, 0) is 43.7 Å². The van der Waals surface area contributed by atoms with Crippen molar-refractivity contribution in [2.75, 3.05) is 13.2 Å². The van der Waals surface area contributed by atoms with Gasteiger partial charge in [-0.15, -0.1) is 11.3 Å². The van der Waals surface area contributed by atoms with Crippen LogP contribution in [0.5, 0.6) is 5.75 Å². The van der Waals surface area contributed by atoms with Crippen molar-refractivity contribution < 1.29 is 13.9 Å². The Morgan fingerprint density at radius 2 is 2.00 bits per heavy atom. The minimum Gasteiger partial charge on any atom is -0.484 e. The van der Waals surface area contributed by atoms with E-state index in [4.69, 9.17) is 4.74 Å². The molecule has 0 atom stereocenters. The third kappa shape index (κ3) is 5.37. The number of hydrogen-bond donors (Lipinski definition) is 1. The lowest BCUT2D eigenvalue weighted by atomic mass is 10.2. The molecule has 0 aliphatic carbocycles. The molecule has 0 saturated heterocycles. The maximum absolute atomic E-state index is 13.4. The van der Waals surface area contributed by atoms with Gasteiger partial charge in [0.1, 0.15) is 16.6 Å². The van der Waals surface area contributed by atoms with Gasteiger partial charge in [0.2, 0.25) is 0 Å². The highest BCUT2D eigenvalue weighted by molar-refractivity contribution is 7.15. The minimum absolute atomic E-state index is 0.0142. The van der Waals surface area contributed by atoms with Crippen LogP contribution in [0.1, 0.15) is 16.1 Å². The minimum atomic E-state index is -0.275. The highest BCUT2D eigenvalue weighted by Gasteiger charge is 2.11. The van der Waals surface area contributed by atoms with Gasteiger partial charge >= 0.3 is 0 Å². The van der Waals surface area contributed by atoms with Gasteiger partial charge in [0, 0.05) is 23.4 Å². The summed E-state index contributed by atoms with van der Waals surface area (Å²) in [5.41, 5.74) is 2.76. The van der Waals surface area contributed by atoms with E-state index in [2.05, 4.69) is 10.3 Å². The highest BCUT2D eigenvalue weighted by atomic mass is 32.1. The van der Waals surface area contributed by atoms with Gasteiger partial charge < -0.3 is 10.1 Å². The molecule has 3 rings (SSSR count). The summed E-state index contributed by atoms with van der Waals surface area (Å²) in [5, 5.41) is 3.64. The SMILES string of the molecule is Cc1cccc(OCC(=O)NCCc2sc(-c3cccc(F)c3)nc2C)c1. The molecule has 0 aliphatic heterocycles.